The maximum atomic E-state index is 4.72. The third kappa shape index (κ3) is 2.89. The lowest BCUT2D eigenvalue weighted by molar-refractivity contribution is 0.442. The minimum atomic E-state index is 0.428. The fraction of sp³-hybridized carbons (Fsp3) is 0.786. The molecule has 1 aromatic heterocycles. The van der Waals surface area contributed by atoms with Crippen LogP contribution >= 0.6 is 0 Å². The number of aryl methyl sites for hydroxylation is 1. The van der Waals surface area contributed by atoms with Crippen LogP contribution in [-0.4, -0.2) is 16.8 Å². The highest BCUT2D eigenvalue weighted by molar-refractivity contribution is 5.28. The molecule has 0 bridgehead atoms. The van der Waals surface area contributed by atoms with Gasteiger partial charge in [0.15, 0.2) is 0 Å². The molecule has 1 N–H and O–H groups in total. The van der Waals surface area contributed by atoms with E-state index in [2.05, 4.69) is 44.6 Å². The quantitative estimate of drug-likeness (QED) is 0.820. The Morgan fingerprint density at radius 3 is 2.41 bits per heavy atom. The van der Waals surface area contributed by atoms with Crippen LogP contribution in [0.15, 0.2) is 0 Å². The Kier molecular flexibility index (Phi) is 5.19. The van der Waals surface area contributed by atoms with Gasteiger partial charge in [-0.2, -0.15) is 5.10 Å². The zero-order chi connectivity index (χ0) is 13.0. The van der Waals surface area contributed by atoms with E-state index >= 15 is 0 Å². The van der Waals surface area contributed by atoms with Crippen molar-refractivity contribution in [3.63, 3.8) is 0 Å². The highest BCUT2D eigenvalue weighted by Crippen LogP contribution is 2.26. The Bertz CT molecular complexity index is 351. The van der Waals surface area contributed by atoms with Gasteiger partial charge in [0.25, 0.3) is 0 Å². The van der Waals surface area contributed by atoms with Crippen molar-refractivity contribution in [1.82, 2.24) is 15.1 Å². The summed E-state index contributed by atoms with van der Waals surface area (Å²) in [5.74, 6) is 0. The first kappa shape index (κ1) is 14.2. The highest BCUT2D eigenvalue weighted by Gasteiger charge is 2.20. The van der Waals surface area contributed by atoms with Crippen LogP contribution in [0.3, 0.4) is 0 Å². The van der Waals surface area contributed by atoms with E-state index in [0.29, 0.717) is 12.1 Å². The van der Waals surface area contributed by atoms with Crippen LogP contribution in [0.1, 0.15) is 69.1 Å². The summed E-state index contributed by atoms with van der Waals surface area (Å²) in [5, 5.41) is 8.10. The third-order valence-electron chi connectivity index (χ3n) is 3.61. The minimum absolute atomic E-state index is 0.428. The molecule has 2 unspecified atom stereocenters. The molecule has 2 atom stereocenters. The predicted octanol–water partition coefficient (Wildman–Crippen LogP) is 3.53. The van der Waals surface area contributed by atoms with Crippen LogP contribution in [0.25, 0.3) is 0 Å². The highest BCUT2D eigenvalue weighted by atomic mass is 15.3. The van der Waals surface area contributed by atoms with Crippen molar-refractivity contribution in [2.24, 2.45) is 0 Å². The van der Waals surface area contributed by atoms with Gasteiger partial charge in [0.05, 0.1) is 5.69 Å². The first-order chi connectivity index (χ1) is 8.06. The molecule has 3 heteroatoms. The van der Waals surface area contributed by atoms with Gasteiger partial charge < -0.3 is 5.32 Å². The van der Waals surface area contributed by atoms with Gasteiger partial charge in [0.1, 0.15) is 0 Å². The summed E-state index contributed by atoms with van der Waals surface area (Å²) in [6.45, 7) is 11.0. The standard InChI is InChI=1S/C14H27N3/c1-7-9-10(3)17-12(5)14(11(4)16-17)13(8-2)15-6/h10,13,15H,7-9H2,1-6H3. The van der Waals surface area contributed by atoms with Crippen LogP contribution in [0.2, 0.25) is 0 Å². The van der Waals surface area contributed by atoms with E-state index in [-0.39, 0.29) is 0 Å². The SMILES string of the molecule is CCCC(C)n1nc(C)c(C(CC)NC)c1C. The lowest BCUT2D eigenvalue weighted by Crippen LogP contribution is -2.17. The summed E-state index contributed by atoms with van der Waals surface area (Å²) < 4.78 is 2.20. The van der Waals surface area contributed by atoms with Crippen LogP contribution in [-0.2, 0) is 0 Å². The van der Waals surface area contributed by atoms with Crippen LogP contribution in [0.4, 0.5) is 0 Å². The number of hydrogen-bond acceptors (Lipinski definition) is 2. The zero-order valence-corrected chi connectivity index (χ0v) is 12.2. The average molecular weight is 237 g/mol. The number of hydrogen-bond donors (Lipinski definition) is 1. The summed E-state index contributed by atoms with van der Waals surface area (Å²) >= 11 is 0. The average Bonchev–Trinajstić information content (AvgIpc) is 2.59. The predicted molar refractivity (Wildman–Crippen MR) is 73.4 cm³/mol. The molecule has 98 valence electrons. The molecule has 0 amide bonds. The van der Waals surface area contributed by atoms with E-state index in [1.807, 2.05) is 7.05 Å². The molecule has 0 aromatic carbocycles. The van der Waals surface area contributed by atoms with E-state index in [1.54, 1.807) is 0 Å². The molecular formula is C14H27N3. The molecule has 0 aliphatic rings. The van der Waals surface area contributed by atoms with Crippen LogP contribution < -0.4 is 5.32 Å². The van der Waals surface area contributed by atoms with Gasteiger partial charge >= 0.3 is 0 Å². The summed E-state index contributed by atoms with van der Waals surface area (Å²) in [5.41, 5.74) is 3.88. The van der Waals surface area contributed by atoms with Crippen molar-refractivity contribution < 1.29 is 0 Å². The van der Waals surface area contributed by atoms with Gasteiger partial charge in [-0.15, -0.1) is 0 Å². The summed E-state index contributed by atoms with van der Waals surface area (Å²) in [4.78, 5) is 0. The van der Waals surface area contributed by atoms with Crippen molar-refractivity contribution >= 4 is 0 Å². The monoisotopic (exact) mass is 237 g/mol. The molecule has 3 nitrogen and oxygen atoms in total. The maximum Gasteiger partial charge on any atom is 0.0644 e. The lowest BCUT2D eigenvalue weighted by Gasteiger charge is -2.17. The van der Waals surface area contributed by atoms with Crippen molar-refractivity contribution in [3.05, 3.63) is 17.0 Å². The second kappa shape index (κ2) is 6.20. The van der Waals surface area contributed by atoms with E-state index in [9.17, 15) is 0 Å². The number of rotatable bonds is 6. The number of nitrogens with zero attached hydrogens (tertiary/aromatic N) is 2. The maximum absolute atomic E-state index is 4.72. The van der Waals surface area contributed by atoms with Gasteiger partial charge in [-0.25, -0.2) is 0 Å². The molecule has 0 aliphatic carbocycles. The second-order valence-electron chi connectivity index (χ2n) is 4.92. The third-order valence-corrected chi connectivity index (χ3v) is 3.61. The molecule has 1 rings (SSSR count). The molecule has 0 radical (unpaired) electrons. The van der Waals surface area contributed by atoms with Crippen LogP contribution in [0.5, 0.6) is 0 Å². The Morgan fingerprint density at radius 2 is 1.94 bits per heavy atom. The molecule has 0 fully saturated rings. The molecule has 1 aromatic rings. The van der Waals surface area contributed by atoms with E-state index in [4.69, 9.17) is 5.10 Å². The molecular weight excluding hydrogens is 210 g/mol. The smallest absolute Gasteiger partial charge is 0.0644 e. The van der Waals surface area contributed by atoms with Crippen molar-refractivity contribution in [2.75, 3.05) is 7.05 Å². The fourth-order valence-corrected chi connectivity index (χ4v) is 2.70. The Balaban J connectivity index is 3.08. The molecule has 17 heavy (non-hydrogen) atoms. The van der Waals surface area contributed by atoms with Gasteiger partial charge in [0, 0.05) is 23.3 Å². The van der Waals surface area contributed by atoms with Gasteiger partial charge in [-0.1, -0.05) is 20.3 Å². The zero-order valence-electron chi connectivity index (χ0n) is 12.2. The van der Waals surface area contributed by atoms with Crippen molar-refractivity contribution in [2.45, 2.75) is 66.0 Å². The van der Waals surface area contributed by atoms with E-state index in [0.717, 1.165) is 6.42 Å². The van der Waals surface area contributed by atoms with E-state index in [1.165, 1.54) is 29.8 Å². The lowest BCUT2D eigenvalue weighted by atomic mass is 10.0. The van der Waals surface area contributed by atoms with Gasteiger partial charge in [-0.05, 0) is 40.7 Å². The summed E-state index contributed by atoms with van der Waals surface area (Å²) in [7, 11) is 2.03. The fourth-order valence-electron chi connectivity index (χ4n) is 2.70. The molecule has 0 saturated carbocycles. The van der Waals surface area contributed by atoms with Crippen LogP contribution in [0, 0.1) is 13.8 Å². The topological polar surface area (TPSA) is 29.9 Å². The number of nitrogens with one attached hydrogen (secondary N) is 1. The molecule has 1 heterocycles. The largest absolute Gasteiger partial charge is 0.313 e. The Hall–Kier alpha value is -0.830. The Morgan fingerprint density at radius 1 is 1.29 bits per heavy atom. The summed E-state index contributed by atoms with van der Waals surface area (Å²) in [6.07, 6.45) is 3.50. The first-order valence-electron chi connectivity index (χ1n) is 6.79. The minimum Gasteiger partial charge on any atom is -0.313 e. The molecule has 0 spiro atoms. The molecule has 0 aliphatic heterocycles. The Labute approximate surface area is 106 Å². The van der Waals surface area contributed by atoms with Crippen molar-refractivity contribution in [1.29, 1.82) is 0 Å². The normalized spacial score (nSPS) is 14.9. The summed E-state index contributed by atoms with van der Waals surface area (Å²) in [6, 6.07) is 0.930. The van der Waals surface area contributed by atoms with Crippen molar-refractivity contribution in [3.8, 4) is 0 Å². The second-order valence-corrected chi connectivity index (χ2v) is 4.92. The first-order valence-corrected chi connectivity index (χ1v) is 6.79. The molecule has 0 saturated heterocycles. The van der Waals surface area contributed by atoms with Gasteiger partial charge in [0.2, 0.25) is 0 Å². The van der Waals surface area contributed by atoms with Gasteiger partial charge in [-0.3, -0.25) is 4.68 Å². The van der Waals surface area contributed by atoms with E-state index < -0.39 is 0 Å². The number of aromatic nitrogens is 2.